The molecular weight excluding hydrogens is 252 g/mol. The number of likely N-dealkylation sites (tertiary alicyclic amines) is 1. The van der Waals surface area contributed by atoms with Crippen molar-refractivity contribution in [3.63, 3.8) is 0 Å². The summed E-state index contributed by atoms with van der Waals surface area (Å²) < 4.78 is 5.44. The first kappa shape index (κ1) is 15.0. The van der Waals surface area contributed by atoms with Gasteiger partial charge < -0.3 is 10.5 Å². The summed E-state index contributed by atoms with van der Waals surface area (Å²) in [5.41, 5.74) is 6.98. The molecule has 1 saturated heterocycles. The van der Waals surface area contributed by atoms with Crippen LogP contribution in [0.1, 0.15) is 32.8 Å². The molecule has 2 N–H and O–H groups in total. The molecule has 1 aromatic rings. The van der Waals surface area contributed by atoms with Crippen LogP contribution in [0.15, 0.2) is 30.3 Å². The molecule has 0 radical (unpaired) electrons. The molecule has 1 fully saturated rings. The quantitative estimate of drug-likeness (QED) is 0.859. The van der Waals surface area contributed by atoms with Gasteiger partial charge in [-0.2, -0.15) is 0 Å². The molecule has 0 aromatic heterocycles. The molecule has 0 spiro atoms. The maximum Gasteiger partial charge on any atom is 0.312 e. The van der Waals surface area contributed by atoms with E-state index >= 15 is 0 Å². The lowest BCUT2D eigenvalue weighted by Gasteiger charge is -2.26. The Hall–Kier alpha value is -1.39. The number of hydrogen-bond acceptors (Lipinski definition) is 4. The number of esters is 1. The zero-order valence-electron chi connectivity index (χ0n) is 12.5. The Morgan fingerprint density at radius 2 is 2.00 bits per heavy atom. The second-order valence-electron chi connectivity index (χ2n) is 6.38. The van der Waals surface area contributed by atoms with Crippen LogP contribution in [0.4, 0.5) is 0 Å². The molecular formula is C16H24N2O2. The van der Waals surface area contributed by atoms with E-state index < -0.39 is 5.60 Å². The van der Waals surface area contributed by atoms with Gasteiger partial charge in [0.15, 0.2) is 0 Å². The van der Waals surface area contributed by atoms with E-state index in [0.717, 1.165) is 19.5 Å². The summed E-state index contributed by atoms with van der Waals surface area (Å²) in [5.74, 6) is -0.404. The Bertz CT molecular complexity index is 453. The van der Waals surface area contributed by atoms with Gasteiger partial charge in [0, 0.05) is 13.1 Å². The minimum absolute atomic E-state index is 0.180. The predicted octanol–water partition coefficient (Wildman–Crippen LogP) is 2.14. The maximum absolute atomic E-state index is 12.1. The lowest BCUT2D eigenvalue weighted by Crippen LogP contribution is -2.44. The minimum Gasteiger partial charge on any atom is -0.460 e. The lowest BCUT2D eigenvalue weighted by atomic mass is 10.1. The highest BCUT2D eigenvalue weighted by Gasteiger charge is 2.38. The molecule has 20 heavy (non-hydrogen) atoms. The van der Waals surface area contributed by atoms with E-state index in [2.05, 4.69) is 17.0 Å². The number of nitrogens with zero attached hydrogens (tertiary/aromatic N) is 1. The third-order valence-electron chi connectivity index (χ3n) is 3.50. The molecule has 2 rings (SSSR count). The first-order valence-corrected chi connectivity index (χ1v) is 7.13. The predicted molar refractivity (Wildman–Crippen MR) is 78.8 cm³/mol. The highest BCUT2D eigenvalue weighted by molar-refractivity contribution is 5.74. The van der Waals surface area contributed by atoms with Gasteiger partial charge in [0.05, 0.1) is 12.1 Å². The van der Waals surface area contributed by atoms with Crippen LogP contribution in [0.5, 0.6) is 0 Å². The number of nitrogens with two attached hydrogens (primary N) is 1. The van der Waals surface area contributed by atoms with Gasteiger partial charge in [0.2, 0.25) is 0 Å². The molecule has 4 heteroatoms. The van der Waals surface area contributed by atoms with Crippen molar-refractivity contribution in [3.05, 3.63) is 35.9 Å². The number of hydrogen-bond donors (Lipinski definition) is 1. The Kier molecular flexibility index (Phi) is 4.45. The van der Waals surface area contributed by atoms with Gasteiger partial charge in [-0.3, -0.25) is 9.69 Å². The van der Waals surface area contributed by atoms with Crippen LogP contribution in [0, 0.1) is 5.92 Å². The average molecular weight is 276 g/mol. The first-order valence-electron chi connectivity index (χ1n) is 7.13. The first-order chi connectivity index (χ1) is 9.37. The topological polar surface area (TPSA) is 55.6 Å². The molecule has 0 aliphatic carbocycles. The largest absolute Gasteiger partial charge is 0.460 e. The van der Waals surface area contributed by atoms with Gasteiger partial charge in [0.25, 0.3) is 0 Å². The number of benzene rings is 1. The fourth-order valence-electron chi connectivity index (χ4n) is 2.52. The number of carbonyl (C=O) groups excluding carboxylic acids is 1. The summed E-state index contributed by atoms with van der Waals surface area (Å²) in [5, 5.41) is 0. The summed E-state index contributed by atoms with van der Waals surface area (Å²) >= 11 is 0. The third-order valence-corrected chi connectivity index (χ3v) is 3.50. The molecule has 2 atom stereocenters. The molecule has 0 bridgehead atoms. The van der Waals surface area contributed by atoms with Crippen LogP contribution in [-0.4, -0.2) is 29.2 Å². The van der Waals surface area contributed by atoms with Crippen molar-refractivity contribution < 1.29 is 9.53 Å². The number of carbonyl (C=O) groups is 1. The minimum atomic E-state index is -0.455. The molecule has 110 valence electrons. The van der Waals surface area contributed by atoms with Gasteiger partial charge >= 0.3 is 5.97 Å². The van der Waals surface area contributed by atoms with E-state index in [1.807, 2.05) is 39.0 Å². The standard InChI is InChI=1S/C16H24N2O2/c1-16(2,3)20-15(19)13-9-10-18(14(13)17)11-12-7-5-4-6-8-12/h4-8,13-14H,9-11,17H2,1-3H3/t13?,14-/m0/s1. The van der Waals surface area contributed by atoms with Crippen molar-refractivity contribution in [3.8, 4) is 0 Å². The normalized spacial score (nSPS) is 23.8. The van der Waals surface area contributed by atoms with Gasteiger partial charge in [-0.25, -0.2) is 0 Å². The van der Waals surface area contributed by atoms with Gasteiger partial charge in [-0.05, 0) is 32.8 Å². The van der Waals surface area contributed by atoms with Crippen molar-refractivity contribution >= 4 is 5.97 Å². The third kappa shape index (κ3) is 3.81. The fourth-order valence-corrected chi connectivity index (χ4v) is 2.52. The zero-order chi connectivity index (χ0) is 14.8. The Morgan fingerprint density at radius 3 is 2.60 bits per heavy atom. The Balaban J connectivity index is 1.95. The van der Waals surface area contributed by atoms with Crippen LogP contribution in [0.2, 0.25) is 0 Å². The smallest absolute Gasteiger partial charge is 0.312 e. The Morgan fingerprint density at radius 1 is 1.35 bits per heavy atom. The average Bonchev–Trinajstić information content (AvgIpc) is 2.70. The summed E-state index contributed by atoms with van der Waals surface area (Å²) in [6, 6.07) is 10.2. The van der Waals surface area contributed by atoms with Gasteiger partial charge in [-0.1, -0.05) is 30.3 Å². The van der Waals surface area contributed by atoms with Crippen molar-refractivity contribution in [2.75, 3.05) is 6.54 Å². The fraction of sp³-hybridized carbons (Fsp3) is 0.562. The molecule has 1 aliphatic rings. The van der Waals surface area contributed by atoms with Gasteiger partial charge in [0.1, 0.15) is 5.60 Å². The molecule has 0 saturated carbocycles. The zero-order valence-corrected chi connectivity index (χ0v) is 12.5. The summed E-state index contributed by atoms with van der Waals surface area (Å²) in [7, 11) is 0. The van der Waals surface area contributed by atoms with Gasteiger partial charge in [-0.15, -0.1) is 0 Å². The molecule has 1 aromatic carbocycles. The second kappa shape index (κ2) is 5.94. The van der Waals surface area contributed by atoms with Crippen LogP contribution < -0.4 is 5.73 Å². The molecule has 4 nitrogen and oxygen atoms in total. The van der Waals surface area contributed by atoms with Crippen molar-refractivity contribution in [1.29, 1.82) is 0 Å². The van der Waals surface area contributed by atoms with Crippen LogP contribution >= 0.6 is 0 Å². The van der Waals surface area contributed by atoms with E-state index in [0.29, 0.717) is 0 Å². The summed E-state index contributed by atoms with van der Waals surface area (Å²) in [4.78, 5) is 14.3. The van der Waals surface area contributed by atoms with Crippen LogP contribution in [0.25, 0.3) is 0 Å². The van der Waals surface area contributed by atoms with Crippen molar-refractivity contribution in [1.82, 2.24) is 4.90 Å². The van der Waals surface area contributed by atoms with E-state index in [9.17, 15) is 4.79 Å². The number of rotatable bonds is 3. The van der Waals surface area contributed by atoms with E-state index in [4.69, 9.17) is 10.5 Å². The summed E-state index contributed by atoms with van der Waals surface area (Å²) in [6.45, 7) is 7.26. The maximum atomic E-state index is 12.1. The summed E-state index contributed by atoms with van der Waals surface area (Å²) in [6.07, 6.45) is 0.508. The highest BCUT2D eigenvalue weighted by Crippen LogP contribution is 2.25. The van der Waals surface area contributed by atoms with Crippen molar-refractivity contribution in [2.24, 2.45) is 11.7 Å². The second-order valence-corrected chi connectivity index (χ2v) is 6.38. The molecule has 1 aliphatic heterocycles. The van der Waals surface area contributed by atoms with E-state index in [-0.39, 0.29) is 18.1 Å². The SMILES string of the molecule is CC(C)(C)OC(=O)C1CCN(Cc2ccccc2)[C@@H]1N. The Labute approximate surface area is 120 Å². The lowest BCUT2D eigenvalue weighted by molar-refractivity contribution is -0.160. The molecule has 1 unspecified atom stereocenters. The monoisotopic (exact) mass is 276 g/mol. The van der Waals surface area contributed by atoms with Crippen LogP contribution in [0.3, 0.4) is 0 Å². The highest BCUT2D eigenvalue weighted by atomic mass is 16.6. The van der Waals surface area contributed by atoms with E-state index in [1.165, 1.54) is 5.56 Å². The molecule has 0 amide bonds. The van der Waals surface area contributed by atoms with Crippen molar-refractivity contribution in [2.45, 2.75) is 45.5 Å². The van der Waals surface area contributed by atoms with E-state index in [1.54, 1.807) is 0 Å². The molecule has 1 heterocycles. The number of ether oxygens (including phenoxy) is 1. The van der Waals surface area contributed by atoms with Crippen LogP contribution in [-0.2, 0) is 16.1 Å².